The molecule has 2 aromatic rings. The highest BCUT2D eigenvalue weighted by molar-refractivity contribution is 9.10. The van der Waals surface area contributed by atoms with Gasteiger partial charge in [-0.2, -0.15) is 0 Å². The summed E-state index contributed by atoms with van der Waals surface area (Å²) in [6.07, 6.45) is 0. The number of anilines is 1. The van der Waals surface area contributed by atoms with Gasteiger partial charge < -0.3 is 5.32 Å². The number of benzene rings is 1. The van der Waals surface area contributed by atoms with Crippen molar-refractivity contribution < 1.29 is 4.79 Å². The van der Waals surface area contributed by atoms with Gasteiger partial charge in [0.05, 0.1) is 0 Å². The van der Waals surface area contributed by atoms with Crippen LogP contribution < -0.4 is 5.32 Å². The van der Waals surface area contributed by atoms with Crippen LogP contribution in [-0.2, 0) is 0 Å². The Morgan fingerprint density at radius 1 is 1.22 bits per heavy atom. The molecule has 92 valence electrons. The highest BCUT2D eigenvalue weighted by Crippen LogP contribution is 2.17. The van der Waals surface area contributed by atoms with Gasteiger partial charge in [-0.15, -0.1) is 0 Å². The molecule has 2 rings (SSSR count). The summed E-state index contributed by atoms with van der Waals surface area (Å²) in [5.74, 6) is 0.344. The number of nitrogens with one attached hydrogen (secondary N) is 1. The fourth-order valence-corrected chi connectivity index (χ4v) is 2.49. The third-order valence-electron chi connectivity index (χ3n) is 2.26. The van der Waals surface area contributed by atoms with Gasteiger partial charge in [-0.3, -0.25) is 4.79 Å². The Bertz CT molecular complexity index is 579. The molecule has 0 aliphatic carbocycles. The second-order valence-electron chi connectivity index (χ2n) is 3.82. The van der Waals surface area contributed by atoms with Gasteiger partial charge in [0.1, 0.15) is 10.4 Å². The number of aromatic nitrogens is 1. The van der Waals surface area contributed by atoms with Gasteiger partial charge in [-0.1, -0.05) is 22.0 Å². The zero-order valence-electron chi connectivity index (χ0n) is 9.58. The number of pyridine rings is 1. The number of nitrogens with zero attached hydrogens (tertiary/aromatic N) is 1. The van der Waals surface area contributed by atoms with Crippen LogP contribution in [0.5, 0.6) is 0 Å². The van der Waals surface area contributed by atoms with Crippen LogP contribution in [0.2, 0.25) is 0 Å². The second kappa shape index (κ2) is 5.63. The van der Waals surface area contributed by atoms with Crippen molar-refractivity contribution in [1.29, 1.82) is 0 Å². The maximum Gasteiger partial charge on any atom is 0.256 e. The Hall–Kier alpha value is -1.20. The van der Waals surface area contributed by atoms with E-state index in [-0.39, 0.29) is 5.91 Å². The largest absolute Gasteiger partial charge is 0.307 e. The smallest absolute Gasteiger partial charge is 0.256 e. The molecule has 0 fully saturated rings. The van der Waals surface area contributed by atoms with E-state index >= 15 is 0 Å². The minimum Gasteiger partial charge on any atom is -0.307 e. The van der Waals surface area contributed by atoms with E-state index in [9.17, 15) is 4.79 Å². The van der Waals surface area contributed by atoms with Crippen LogP contribution in [0.3, 0.4) is 0 Å². The van der Waals surface area contributed by atoms with Crippen molar-refractivity contribution in [3.63, 3.8) is 0 Å². The molecule has 1 N–H and O–H groups in total. The Morgan fingerprint density at radius 2 is 2.00 bits per heavy atom. The molecule has 0 saturated heterocycles. The normalized spacial score (nSPS) is 10.2. The predicted octanol–water partition coefficient (Wildman–Crippen LogP) is 4.17. The number of rotatable bonds is 2. The molecular weight excluding hydrogens is 360 g/mol. The van der Waals surface area contributed by atoms with Gasteiger partial charge in [-0.25, -0.2) is 4.98 Å². The van der Waals surface area contributed by atoms with Gasteiger partial charge in [0.15, 0.2) is 0 Å². The van der Waals surface area contributed by atoms with Crippen molar-refractivity contribution in [2.75, 3.05) is 5.32 Å². The molecule has 0 radical (unpaired) electrons. The lowest BCUT2D eigenvalue weighted by atomic mass is 10.1. The van der Waals surface area contributed by atoms with Crippen molar-refractivity contribution in [3.05, 3.63) is 56.6 Å². The first-order valence-corrected chi connectivity index (χ1v) is 6.84. The summed E-state index contributed by atoms with van der Waals surface area (Å²) >= 11 is 6.64. The van der Waals surface area contributed by atoms with E-state index in [2.05, 4.69) is 42.2 Å². The van der Waals surface area contributed by atoms with E-state index in [1.165, 1.54) is 0 Å². The van der Waals surface area contributed by atoms with Crippen LogP contribution in [0, 0.1) is 6.92 Å². The van der Waals surface area contributed by atoms with Gasteiger partial charge >= 0.3 is 0 Å². The average molecular weight is 370 g/mol. The SMILES string of the molecule is Cc1cc(Br)cc(C(=O)Nc2cccc(Br)n2)c1. The van der Waals surface area contributed by atoms with Crippen LogP contribution >= 0.6 is 31.9 Å². The maximum absolute atomic E-state index is 12.0. The van der Waals surface area contributed by atoms with E-state index in [1.54, 1.807) is 18.2 Å². The Balaban J connectivity index is 2.22. The Morgan fingerprint density at radius 3 is 2.67 bits per heavy atom. The first-order chi connectivity index (χ1) is 8.54. The summed E-state index contributed by atoms with van der Waals surface area (Å²) < 4.78 is 1.57. The molecule has 1 heterocycles. The zero-order chi connectivity index (χ0) is 13.1. The van der Waals surface area contributed by atoms with E-state index in [4.69, 9.17) is 0 Å². The third-order valence-corrected chi connectivity index (χ3v) is 3.16. The van der Waals surface area contributed by atoms with E-state index in [0.717, 1.165) is 10.0 Å². The third kappa shape index (κ3) is 3.40. The molecule has 1 amide bonds. The molecule has 0 aliphatic heterocycles. The van der Waals surface area contributed by atoms with Crippen molar-refractivity contribution in [2.24, 2.45) is 0 Å². The number of aryl methyl sites for hydroxylation is 1. The van der Waals surface area contributed by atoms with Crippen molar-refractivity contribution in [2.45, 2.75) is 6.92 Å². The monoisotopic (exact) mass is 368 g/mol. The van der Waals surface area contributed by atoms with Crippen LogP contribution in [0.15, 0.2) is 45.5 Å². The highest BCUT2D eigenvalue weighted by atomic mass is 79.9. The summed E-state index contributed by atoms with van der Waals surface area (Å²) in [4.78, 5) is 16.2. The molecule has 0 unspecified atom stereocenters. The zero-order valence-corrected chi connectivity index (χ0v) is 12.7. The van der Waals surface area contributed by atoms with Crippen molar-refractivity contribution in [1.82, 2.24) is 4.98 Å². The van der Waals surface area contributed by atoms with Gasteiger partial charge in [-0.05, 0) is 58.7 Å². The van der Waals surface area contributed by atoms with Crippen LogP contribution in [0.25, 0.3) is 0 Å². The topological polar surface area (TPSA) is 42.0 Å². The quantitative estimate of drug-likeness (QED) is 0.807. The summed E-state index contributed by atoms with van der Waals surface area (Å²) in [5.41, 5.74) is 1.63. The summed E-state index contributed by atoms with van der Waals surface area (Å²) in [5, 5.41) is 2.75. The number of hydrogen-bond donors (Lipinski definition) is 1. The molecule has 0 bridgehead atoms. The van der Waals surface area contributed by atoms with E-state index in [0.29, 0.717) is 16.0 Å². The predicted molar refractivity (Wildman–Crippen MR) is 78.8 cm³/mol. The number of carbonyl (C=O) groups is 1. The minimum atomic E-state index is -0.176. The van der Waals surface area contributed by atoms with Crippen molar-refractivity contribution >= 4 is 43.6 Å². The molecule has 0 saturated carbocycles. The number of hydrogen-bond acceptors (Lipinski definition) is 2. The molecular formula is C13H10Br2N2O. The molecule has 1 aromatic heterocycles. The Labute approximate surface area is 122 Å². The number of carbonyl (C=O) groups excluding carboxylic acids is 1. The Kier molecular flexibility index (Phi) is 4.14. The summed E-state index contributed by atoms with van der Waals surface area (Å²) in [6, 6.07) is 10.9. The van der Waals surface area contributed by atoms with E-state index in [1.807, 2.05) is 25.1 Å². The first-order valence-electron chi connectivity index (χ1n) is 5.26. The van der Waals surface area contributed by atoms with Crippen LogP contribution in [0.1, 0.15) is 15.9 Å². The summed E-state index contributed by atoms with van der Waals surface area (Å²) in [7, 11) is 0. The lowest BCUT2D eigenvalue weighted by Gasteiger charge is -2.06. The average Bonchev–Trinajstić information content (AvgIpc) is 2.27. The molecule has 3 nitrogen and oxygen atoms in total. The minimum absolute atomic E-state index is 0.176. The van der Waals surface area contributed by atoms with Crippen LogP contribution in [0.4, 0.5) is 5.82 Å². The number of halogens is 2. The molecule has 5 heteroatoms. The molecule has 0 aliphatic rings. The van der Waals surface area contributed by atoms with Crippen LogP contribution in [-0.4, -0.2) is 10.9 Å². The first kappa shape index (κ1) is 13.2. The lowest BCUT2D eigenvalue weighted by molar-refractivity contribution is 0.102. The van der Waals surface area contributed by atoms with Gasteiger partial charge in [0, 0.05) is 10.0 Å². The fourth-order valence-electron chi connectivity index (χ4n) is 1.53. The number of amides is 1. The second-order valence-corrected chi connectivity index (χ2v) is 5.55. The standard InChI is InChI=1S/C13H10Br2N2O/c1-8-5-9(7-10(14)6-8)13(18)17-12-4-2-3-11(15)16-12/h2-7H,1H3,(H,16,17,18). The van der Waals surface area contributed by atoms with E-state index < -0.39 is 0 Å². The molecule has 0 atom stereocenters. The molecule has 1 aromatic carbocycles. The lowest BCUT2D eigenvalue weighted by Crippen LogP contribution is -2.13. The fraction of sp³-hybridized carbons (Fsp3) is 0.0769. The molecule has 0 spiro atoms. The van der Waals surface area contributed by atoms with Gasteiger partial charge in [0.2, 0.25) is 0 Å². The molecule has 18 heavy (non-hydrogen) atoms. The highest BCUT2D eigenvalue weighted by Gasteiger charge is 2.08. The maximum atomic E-state index is 12.0. The van der Waals surface area contributed by atoms with Gasteiger partial charge in [0.25, 0.3) is 5.91 Å². The van der Waals surface area contributed by atoms with Crippen molar-refractivity contribution in [3.8, 4) is 0 Å². The summed E-state index contributed by atoms with van der Waals surface area (Å²) in [6.45, 7) is 1.94.